The van der Waals surface area contributed by atoms with Gasteiger partial charge < -0.3 is 4.74 Å². The minimum absolute atomic E-state index is 0.189. The highest BCUT2D eigenvalue weighted by Crippen LogP contribution is 2.24. The molecule has 0 aliphatic carbocycles. The fourth-order valence-electron chi connectivity index (χ4n) is 1.73. The summed E-state index contributed by atoms with van der Waals surface area (Å²) < 4.78 is 66.6. The number of rotatable bonds is 7. The second kappa shape index (κ2) is 7.13. The zero-order chi connectivity index (χ0) is 16.1. The van der Waals surface area contributed by atoms with Crippen molar-refractivity contribution in [1.29, 1.82) is 0 Å². The van der Waals surface area contributed by atoms with E-state index in [1.165, 1.54) is 12.1 Å². The van der Waals surface area contributed by atoms with Gasteiger partial charge in [-0.15, -0.1) is 13.2 Å². The number of hydrogen-bond acceptors (Lipinski definition) is 3. The van der Waals surface area contributed by atoms with Gasteiger partial charge in [0.05, 0.1) is 4.90 Å². The smallest absolute Gasteiger partial charge is 0.406 e. The molecule has 0 radical (unpaired) electrons. The lowest BCUT2D eigenvalue weighted by molar-refractivity contribution is -0.274. The van der Waals surface area contributed by atoms with Crippen LogP contribution in [0, 0.1) is 5.92 Å². The van der Waals surface area contributed by atoms with E-state index in [-0.39, 0.29) is 17.4 Å². The molecule has 0 atom stereocenters. The van der Waals surface area contributed by atoms with Gasteiger partial charge in [-0.2, -0.15) is 0 Å². The standard InChI is InChI=1S/C13H18F3NO3S/c1-3-10(4-2)9-17-21(18,19)12-7-5-6-11(8-12)20-13(14,15)16/h5-8,10,17H,3-4,9H2,1-2H3. The zero-order valence-electron chi connectivity index (χ0n) is 11.8. The molecule has 0 bridgehead atoms. The molecular formula is C13H18F3NO3S. The number of hydrogen-bond donors (Lipinski definition) is 1. The molecule has 1 rings (SSSR count). The summed E-state index contributed by atoms with van der Waals surface area (Å²) in [5.41, 5.74) is 0. The van der Waals surface area contributed by atoms with Crippen LogP contribution in [0.4, 0.5) is 13.2 Å². The molecule has 0 aliphatic rings. The maximum atomic E-state index is 12.1. The van der Waals surface area contributed by atoms with Gasteiger partial charge in [0.25, 0.3) is 0 Å². The van der Waals surface area contributed by atoms with Gasteiger partial charge in [0, 0.05) is 12.6 Å². The largest absolute Gasteiger partial charge is 0.573 e. The van der Waals surface area contributed by atoms with Crippen molar-refractivity contribution in [2.24, 2.45) is 5.92 Å². The first-order valence-electron chi connectivity index (χ1n) is 6.53. The van der Waals surface area contributed by atoms with Gasteiger partial charge in [-0.3, -0.25) is 0 Å². The molecule has 0 spiro atoms. The van der Waals surface area contributed by atoms with E-state index in [4.69, 9.17) is 0 Å². The summed E-state index contributed by atoms with van der Waals surface area (Å²) in [6.07, 6.45) is -3.22. The van der Waals surface area contributed by atoms with Gasteiger partial charge in [0.15, 0.2) is 0 Å². The molecule has 0 fully saturated rings. The van der Waals surface area contributed by atoms with E-state index in [0.717, 1.165) is 25.0 Å². The molecule has 1 N–H and O–H groups in total. The van der Waals surface area contributed by atoms with Crippen LogP contribution >= 0.6 is 0 Å². The van der Waals surface area contributed by atoms with Gasteiger partial charge >= 0.3 is 6.36 Å². The van der Waals surface area contributed by atoms with Crippen LogP contribution in [0.2, 0.25) is 0 Å². The van der Waals surface area contributed by atoms with E-state index >= 15 is 0 Å². The average molecular weight is 325 g/mol. The second-order valence-electron chi connectivity index (χ2n) is 4.56. The molecule has 1 aromatic rings. The summed E-state index contributed by atoms with van der Waals surface area (Å²) >= 11 is 0. The highest BCUT2D eigenvalue weighted by atomic mass is 32.2. The van der Waals surface area contributed by atoms with Crippen LogP contribution in [0.5, 0.6) is 5.75 Å². The van der Waals surface area contributed by atoms with Crippen LogP contribution in [0.25, 0.3) is 0 Å². The summed E-state index contributed by atoms with van der Waals surface area (Å²) in [7, 11) is -3.85. The monoisotopic (exact) mass is 325 g/mol. The Morgan fingerprint density at radius 1 is 1.24 bits per heavy atom. The maximum Gasteiger partial charge on any atom is 0.573 e. The predicted octanol–water partition coefficient (Wildman–Crippen LogP) is 3.30. The number of halogens is 3. The highest BCUT2D eigenvalue weighted by Gasteiger charge is 2.31. The van der Waals surface area contributed by atoms with Crippen LogP contribution in [-0.4, -0.2) is 21.3 Å². The van der Waals surface area contributed by atoms with E-state index in [1.807, 2.05) is 13.8 Å². The fraction of sp³-hybridized carbons (Fsp3) is 0.538. The Kier molecular flexibility index (Phi) is 6.03. The summed E-state index contributed by atoms with van der Waals surface area (Å²) in [4.78, 5) is -0.254. The topological polar surface area (TPSA) is 55.4 Å². The Balaban J connectivity index is 2.86. The normalized spacial score (nSPS) is 12.7. The van der Waals surface area contributed by atoms with E-state index in [0.29, 0.717) is 0 Å². The van der Waals surface area contributed by atoms with Crippen molar-refractivity contribution in [3.05, 3.63) is 24.3 Å². The first-order chi connectivity index (χ1) is 9.68. The van der Waals surface area contributed by atoms with Crippen LogP contribution in [0.3, 0.4) is 0 Å². The first-order valence-corrected chi connectivity index (χ1v) is 8.01. The Bertz CT molecular complexity index is 554. The third kappa shape index (κ3) is 5.92. The van der Waals surface area contributed by atoms with Gasteiger partial charge in [0.1, 0.15) is 5.75 Å². The first kappa shape index (κ1) is 17.8. The molecular weight excluding hydrogens is 307 g/mol. The van der Waals surface area contributed by atoms with E-state index in [1.54, 1.807) is 0 Å². The fourth-order valence-corrected chi connectivity index (χ4v) is 2.88. The average Bonchev–Trinajstić information content (AvgIpc) is 2.38. The predicted molar refractivity (Wildman–Crippen MR) is 72.4 cm³/mol. The minimum atomic E-state index is -4.86. The number of sulfonamides is 1. The van der Waals surface area contributed by atoms with Crippen molar-refractivity contribution < 1.29 is 26.3 Å². The molecule has 120 valence electrons. The summed E-state index contributed by atoms with van der Waals surface area (Å²) in [6, 6.07) is 4.32. The third-order valence-corrected chi connectivity index (χ3v) is 4.49. The number of nitrogens with one attached hydrogen (secondary N) is 1. The van der Waals surface area contributed by atoms with Gasteiger partial charge in [-0.1, -0.05) is 32.8 Å². The second-order valence-corrected chi connectivity index (χ2v) is 6.32. The zero-order valence-corrected chi connectivity index (χ0v) is 12.6. The molecule has 0 saturated carbocycles. The summed E-state index contributed by atoms with van der Waals surface area (Å²) in [6.45, 7) is 4.14. The minimum Gasteiger partial charge on any atom is -0.406 e. The summed E-state index contributed by atoms with van der Waals surface area (Å²) in [5.74, 6) is -0.373. The Labute approximate surface area is 122 Å². The highest BCUT2D eigenvalue weighted by molar-refractivity contribution is 7.89. The molecule has 0 unspecified atom stereocenters. The SMILES string of the molecule is CCC(CC)CNS(=O)(=O)c1cccc(OC(F)(F)F)c1. The Morgan fingerprint density at radius 3 is 2.38 bits per heavy atom. The quantitative estimate of drug-likeness (QED) is 0.837. The Morgan fingerprint density at radius 2 is 1.86 bits per heavy atom. The Hall–Kier alpha value is -1.28. The third-order valence-electron chi connectivity index (χ3n) is 3.07. The van der Waals surface area contributed by atoms with Crippen molar-refractivity contribution in [1.82, 2.24) is 4.72 Å². The molecule has 8 heteroatoms. The van der Waals surface area contributed by atoms with Crippen molar-refractivity contribution in [2.45, 2.75) is 37.9 Å². The van der Waals surface area contributed by atoms with Crippen LogP contribution in [0.1, 0.15) is 26.7 Å². The van der Waals surface area contributed by atoms with E-state index < -0.39 is 22.1 Å². The van der Waals surface area contributed by atoms with Crippen LogP contribution < -0.4 is 9.46 Å². The molecule has 4 nitrogen and oxygen atoms in total. The number of ether oxygens (including phenoxy) is 1. The van der Waals surface area contributed by atoms with Gasteiger partial charge in [-0.25, -0.2) is 13.1 Å². The van der Waals surface area contributed by atoms with Crippen molar-refractivity contribution in [3.63, 3.8) is 0 Å². The molecule has 1 aromatic carbocycles. The lowest BCUT2D eigenvalue weighted by Crippen LogP contribution is -2.29. The molecule has 21 heavy (non-hydrogen) atoms. The van der Waals surface area contributed by atoms with Crippen LogP contribution in [0.15, 0.2) is 29.2 Å². The van der Waals surface area contributed by atoms with Crippen LogP contribution in [-0.2, 0) is 10.0 Å². The number of alkyl halides is 3. The molecule has 0 saturated heterocycles. The van der Waals surface area contributed by atoms with E-state index in [2.05, 4.69) is 9.46 Å². The lowest BCUT2D eigenvalue weighted by Gasteiger charge is -2.14. The summed E-state index contributed by atoms with van der Waals surface area (Å²) in [5, 5.41) is 0. The van der Waals surface area contributed by atoms with Gasteiger partial charge in [0.2, 0.25) is 10.0 Å². The van der Waals surface area contributed by atoms with Crippen molar-refractivity contribution >= 4 is 10.0 Å². The van der Waals surface area contributed by atoms with Crippen molar-refractivity contribution in [2.75, 3.05) is 6.54 Å². The molecule has 0 aromatic heterocycles. The van der Waals surface area contributed by atoms with E-state index in [9.17, 15) is 21.6 Å². The molecule has 0 amide bonds. The van der Waals surface area contributed by atoms with Crippen molar-refractivity contribution in [3.8, 4) is 5.75 Å². The maximum absolute atomic E-state index is 12.1. The molecule has 0 heterocycles. The lowest BCUT2D eigenvalue weighted by atomic mass is 10.0. The number of benzene rings is 1. The molecule has 0 aliphatic heterocycles. The van der Waals surface area contributed by atoms with Gasteiger partial charge in [-0.05, 0) is 18.1 Å².